The molecule has 1 aromatic heterocycles. The van der Waals surface area contributed by atoms with E-state index < -0.39 is 0 Å². The van der Waals surface area contributed by atoms with Crippen molar-refractivity contribution in [3.05, 3.63) is 18.0 Å². The summed E-state index contributed by atoms with van der Waals surface area (Å²) in [6, 6.07) is 2.00. The van der Waals surface area contributed by atoms with Gasteiger partial charge in [-0.3, -0.25) is 5.10 Å². The molecule has 1 aromatic rings. The maximum Gasteiger partial charge on any atom is 0.0490 e. The molecule has 0 saturated heterocycles. The zero-order valence-electron chi connectivity index (χ0n) is 8.51. The highest BCUT2D eigenvalue weighted by Crippen LogP contribution is 2.05. The highest BCUT2D eigenvalue weighted by Gasteiger charge is 2.02. The lowest BCUT2D eigenvalue weighted by Gasteiger charge is -2.12. The number of nitrogens with one attached hydrogen (secondary N) is 2. The first kappa shape index (κ1) is 10.3. The summed E-state index contributed by atoms with van der Waals surface area (Å²) < 4.78 is 0. The van der Waals surface area contributed by atoms with Crippen LogP contribution in [0.5, 0.6) is 0 Å². The van der Waals surface area contributed by atoms with E-state index >= 15 is 0 Å². The van der Waals surface area contributed by atoms with Crippen LogP contribution in [0.2, 0.25) is 0 Å². The van der Waals surface area contributed by atoms with Crippen LogP contribution in [0.1, 0.15) is 32.4 Å². The molecule has 0 atom stereocenters. The van der Waals surface area contributed by atoms with Gasteiger partial charge in [-0.05, 0) is 18.5 Å². The summed E-state index contributed by atoms with van der Waals surface area (Å²) in [7, 11) is 0. The van der Waals surface area contributed by atoms with Gasteiger partial charge in [0.15, 0.2) is 0 Å². The Balaban J connectivity index is 2.13. The fraction of sp³-hybridized carbons (Fsp3) is 0.700. The Bertz CT molecular complexity index is 202. The van der Waals surface area contributed by atoms with Gasteiger partial charge in [-0.1, -0.05) is 26.7 Å². The number of aromatic amines is 1. The third kappa shape index (κ3) is 3.59. The van der Waals surface area contributed by atoms with E-state index in [1.807, 2.05) is 6.07 Å². The molecule has 3 heteroatoms. The van der Waals surface area contributed by atoms with Crippen molar-refractivity contribution in [3.63, 3.8) is 0 Å². The Labute approximate surface area is 79.9 Å². The van der Waals surface area contributed by atoms with Crippen LogP contribution in [0.4, 0.5) is 0 Å². The van der Waals surface area contributed by atoms with Gasteiger partial charge >= 0.3 is 0 Å². The normalized spacial score (nSPS) is 11.0. The van der Waals surface area contributed by atoms with Crippen molar-refractivity contribution in [3.8, 4) is 0 Å². The molecule has 0 amide bonds. The van der Waals surface area contributed by atoms with Crippen LogP contribution in [0, 0.1) is 5.92 Å². The first-order chi connectivity index (χ1) is 6.36. The van der Waals surface area contributed by atoms with Gasteiger partial charge in [-0.15, -0.1) is 0 Å². The summed E-state index contributed by atoms with van der Waals surface area (Å²) in [6.07, 6.45) is 4.30. The van der Waals surface area contributed by atoms with Crippen LogP contribution in [0.3, 0.4) is 0 Å². The average molecular weight is 181 g/mol. The monoisotopic (exact) mass is 181 g/mol. The van der Waals surface area contributed by atoms with Crippen molar-refractivity contribution in [2.75, 3.05) is 6.54 Å². The number of hydrogen-bond donors (Lipinski definition) is 2. The smallest absolute Gasteiger partial charge is 0.0490 e. The van der Waals surface area contributed by atoms with Crippen LogP contribution in [-0.4, -0.2) is 16.7 Å². The standard InChI is InChI=1S/C10H19N3/c1-3-9(4-2)7-11-8-10-5-6-12-13-10/h5-6,9,11H,3-4,7-8H2,1-2H3,(H,12,13). The Morgan fingerprint density at radius 2 is 2.23 bits per heavy atom. The number of hydrogen-bond acceptors (Lipinski definition) is 2. The van der Waals surface area contributed by atoms with Crippen LogP contribution < -0.4 is 5.32 Å². The maximum absolute atomic E-state index is 3.90. The third-order valence-electron chi connectivity index (χ3n) is 2.46. The lowest BCUT2D eigenvalue weighted by atomic mass is 10.0. The van der Waals surface area contributed by atoms with Crippen LogP contribution in [0.25, 0.3) is 0 Å². The summed E-state index contributed by atoms with van der Waals surface area (Å²) in [4.78, 5) is 0. The van der Waals surface area contributed by atoms with Crippen LogP contribution in [0.15, 0.2) is 12.3 Å². The zero-order chi connectivity index (χ0) is 9.52. The van der Waals surface area contributed by atoms with Gasteiger partial charge in [0, 0.05) is 18.4 Å². The molecule has 2 N–H and O–H groups in total. The minimum absolute atomic E-state index is 0.808. The number of nitrogens with zero attached hydrogens (tertiary/aromatic N) is 1. The van der Waals surface area contributed by atoms with Crippen LogP contribution >= 0.6 is 0 Å². The summed E-state index contributed by atoms with van der Waals surface area (Å²) in [5.74, 6) is 0.808. The highest BCUT2D eigenvalue weighted by atomic mass is 15.1. The summed E-state index contributed by atoms with van der Waals surface area (Å²) >= 11 is 0. The van der Waals surface area contributed by atoms with Crippen molar-refractivity contribution in [2.24, 2.45) is 5.92 Å². The molecule has 13 heavy (non-hydrogen) atoms. The Morgan fingerprint density at radius 3 is 2.77 bits per heavy atom. The summed E-state index contributed by atoms with van der Waals surface area (Å²) in [5, 5.41) is 10.2. The molecule has 0 radical (unpaired) electrons. The van der Waals surface area contributed by atoms with Gasteiger partial charge in [0.1, 0.15) is 0 Å². The quantitative estimate of drug-likeness (QED) is 0.704. The predicted octanol–water partition coefficient (Wildman–Crippen LogP) is 1.94. The van der Waals surface area contributed by atoms with Crippen molar-refractivity contribution in [1.29, 1.82) is 0 Å². The average Bonchev–Trinajstić information content (AvgIpc) is 2.65. The highest BCUT2D eigenvalue weighted by molar-refractivity contribution is 4.96. The number of H-pyrrole nitrogens is 1. The minimum atomic E-state index is 0.808. The number of aromatic nitrogens is 2. The lowest BCUT2D eigenvalue weighted by molar-refractivity contribution is 0.448. The maximum atomic E-state index is 3.90. The summed E-state index contributed by atoms with van der Waals surface area (Å²) in [5.41, 5.74) is 1.16. The topological polar surface area (TPSA) is 40.7 Å². The predicted molar refractivity (Wildman–Crippen MR) is 54.4 cm³/mol. The third-order valence-corrected chi connectivity index (χ3v) is 2.46. The molecule has 0 fully saturated rings. The van der Waals surface area contributed by atoms with E-state index in [1.54, 1.807) is 6.20 Å². The first-order valence-electron chi connectivity index (χ1n) is 5.05. The molecule has 0 aromatic carbocycles. The van der Waals surface area contributed by atoms with Gasteiger partial charge in [-0.2, -0.15) is 5.10 Å². The van der Waals surface area contributed by atoms with Crippen molar-refractivity contribution in [2.45, 2.75) is 33.2 Å². The molecular weight excluding hydrogens is 162 g/mol. The molecule has 1 heterocycles. The molecular formula is C10H19N3. The van der Waals surface area contributed by atoms with E-state index in [2.05, 4.69) is 29.4 Å². The first-order valence-corrected chi connectivity index (χ1v) is 5.05. The molecule has 0 unspecified atom stereocenters. The molecule has 3 nitrogen and oxygen atoms in total. The Kier molecular flexibility index (Phi) is 4.54. The second-order valence-electron chi connectivity index (χ2n) is 3.40. The number of rotatable bonds is 6. The van der Waals surface area contributed by atoms with E-state index in [9.17, 15) is 0 Å². The molecule has 0 spiro atoms. The molecule has 0 aliphatic rings. The van der Waals surface area contributed by atoms with Gasteiger partial charge in [0.25, 0.3) is 0 Å². The van der Waals surface area contributed by atoms with Gasteiger partial charge < -0.3 is 5.32 Å². The SMILES string of the molecule is CCC(CC)CNCc1ccn[nH]1. The minimum Gasteiger partial charge on any atom is -0.311 e. The molecule has 74 valence electrons. The van der Waals surface area contributed by atoms with Crippen LogP contribution in [-0.2, 0) is 6.54 Å². The fourth-order valence-corrected chi connectivity index (χ4v) is 1.37. The fourth-order valence-electron chi connectivity index (χ4n) is 1.37. The molecule has 0 aliphatic carbocycles. The molecule has 0 bridgehead atoms. The van der Waals surface area contributed by atoms with E-state index in [1.165, 1.54) is 12.8 Å². The second-order valence-corrected chi connectivity index (χ2v) is 3.40. The van der Waals surface area contributed by atoms with Gasteiger partial charge in [0.2, 0.25) is 0 Å². The van der Waals surface area contributed by atoms with Crippen molar-refractivity contribution >= 4 is 0 Å². The Morgan fingerprint density at radius 1 is 1.46 bits per heavy atom. The second kappa shape index (κ2) is 5.75. The van der Waals surface area contributed by atoms with E-state index in [4.69, 9.17) is 0 Å². The molecule has 0 saturated carbocycles. The molecule has 1 rings (SSSR count). The largest absolute Gasteiger partial charge is 0.311 e. The lowest BCUT2D eigenvalue weighted by Crippen LogP contribution is -2.21. The van der Waals surface area contributed by atoms with Gasteiger partial charge in [-0.25, -0.2) is 0 Å². The zero-order valence-corrected chi connectivity index (χ0v) is 8.51. The van der Waals surface area contributed by atoms with Gasteiger partial charge in [0.05, 0.1) is 0 Å². The van der Waals surface area contributed by atoms with E-state index in [0.29, 0.717) is 0 Å². The molecule has 0 aliphatic heterocycles. The van der Waals surface area contributed by atoms with E-state index in [-0.39, 0.29) is 0 Å². The Hall–Kier alpha value is -0.830. The summed E-state index contributed by atoms with van der Waals surface area (Å²) in [6.45, 7) is 6.49. The van der Waals surface area contributed by atoms with Crippen molar-refractivity contribution in [1.82, 2.24) is 15.5 Å². The van der Waals surface area contributed by atoms with E-state index in [0.717, 1.165) is 24.7 Å². The van der Waals surface area contributed by atoms with Crippen molar-refractivity contribution < 1.29 is 0 Å².